The molecule has 0 aliphatic rings. The van der Waals surface area contributed by atoms with Gasteiger partial charge in [-0.1, -0.05) is 12.1 Å². The van der Waals surface area contributed by atoms with E-state index in [0.29, 0.717) is 11.8 Å². The van der Waals surface area contributed by atoms with Crippen molar-refractivity contribution in [2.75, 3.05) is 0 Å². The lowest BCUT2D eigenvalue weighted by Gasteiger charge is -2.17. The predicted molar refractivity (Wildman–Crippen MR) is 88.0 cm³/mol. The molecule has 0 saturated carbocycles. The van der Waals surface area contributed by atoms with Crippen molar-refractivity contribution < 1.29 is 23.1 Å². The summed E-state index contributed by atoms with van der Waals surface area (Å²) < 4.78 is 31.8. The van der Waals surface area contributed by atoms with Crippen molar-refractivity contribution in [3.63, 3.8) is 0 Å². The van der Waals surface area contributed by atoms with Crippen LogP contribution < -0.4 is 15.6 Å². The van der Waals surface area contributed by atoms with Gasteiger partial charge < -0.3 is 4.74 Å². The van der Waals surface area contributed by atoms with Crippen LogP contribution in [0.15, 0.2) is 36.4 Å². The summed E-state index contributed by atoms with van der Waals surface area (Å²) in [6, 6.07) is 7.84. The molecular formula is C18H18F2N2O3. The van der Waals surface area contributed by atoms with Crippen molar-refractivity contribution in [2.45, 2.75) is 26.9 Å². The highest BCUT2D eigenvalue weighted by Crippen LogP contribution is 2.21. The molecule has 5 nitrogen and oxygen atoms in total. The van der Waals surface area contributed by atoms with Gasteiger partial charge >= 0.3 is 0 Å². The van der Waals surface area contributed by atoms with E-state index >= 15 is 0 Å². The number of carbonyl (C=O) groups excluding carboxylic acids is 2. The summed E-state index contributed by atoms with van der Waals surface area (Å²) in [5.74, 6) is -2.66. The molecule has 0 aliphatic heterocycles. The van der Waals surface area contributed by atoms with Gasteiger partial charge in [0, 0.05) is 11.6 Å². The summed E-state index contributed by atoms with van der Waals surface area (Å²) in [6.45, 7) is 5.31. The average Bonchev–Trinajstić information content (AvgIpc) is 2.55. The first-order chi connectivity index (χ1) is 11.8. The number of hydrazine groups is 1. The van der Waals surface area contributed by atoms with E-state index < -0.39 is 29.6 Å². The number of hydrogen-bond donors (Lipinski definition) is 2. The number of carbonyl (C=O) groups is 2. The topological polar surface area (TPSA) is 67.4 Å². The zero-order valence-electron chi connectivity index (χ0n) is 14.0. The molecule has 2 rings (SSSR count). The van der Waals surface area contributed by atoms with Gasteiger partial charge in [0.05, 0.1) is 0 Å². The average molecular weight is 348 g/mol. The lowest BCUT2D eigenvalue weighted by atomic mass is 10.1. The fourth-order valence-electron chi connectivity index (χ4n) is 2.07. The molecule has 0 aliphatic carbocycles. The van der Waals surface area contributed by atoms with Gasteiger partial charge in [0.25, 0.3) is 11.8 Å². The fraction of sp³-hybridized carbons (Fsp3) is 0.222. The van der Waals surface area contributed by atoms with Gasteiger partial charge in [-0.3, -0.25) is 20.4 Å². The Balaban J connectivity index is 1.95. The molecule has 1 unspecified atom stereocenters. The van der Waals surface area contributed by atoms with Crippen LogP contribution >= 0.6 is 0 Å². The van der Waals surface area contributed by atoms with Crippen LogP contribution in [0.4, 0.5) is 8.78 Å². The minimum Gasteiger partial charge on any atom is -0.481 e. The summed E-state index contributed by atoms with van der Waals surface area (Å²) in [5.41, 5.74) is 5.93. The monoisotopic (exact) mass is 348 g/mol. The minimum atomic E-state index is -0.886. The Bertz CT molecular complexity index is 789. The van der Waals surface area contributed by atoms with Gasteiger partial charge in [-0.25, -0.2) is 8.78 Å². The molecule has 0 radical (unpaired) electrons. The number of benzene rings is 2. The smallest absolute Gasteiger partial charge is 0.279 e. The number of amides is 2. The lowest BCUT2D eigenvalue weighted by Crippen LogP contribution is -2.47. The third kappa shape index (κ3) is 4.76. The second kappa shape index (κ2) is 7.74. The summed E-state index contributed by atoms with van der Waals surface area (Å²) in [7, 11) is 0. The molecule has 2 aromatic carbocycles. The van der Waals surface area contributed by atoms with E-state index in [9.17, 15) is 18.4 Å². The van der Waals surface area contributed by atoms with Gasteiger partial charge in [0.15, 0.2) is 6.10 Å². The molecular weight excluding hydrogens is 330 g/mol. The highest BCUT2D eigenvalue weighted by atomic mass is 19.1. The number of rotatable bonds is 4. The van der Waals surface area contributed by atoms with Crippen molar-refractivity contribution in [2.24, 2.45) is 0 Å². The maximum atomic E-state index is 13.1. The molecule has 7 heteroatoms. The van der Waals surface area contributed by atoms with Crippen LogP contribution in [0.3, 0.4) is 0 Å². The van der Waals surface area contributed by atoms with Crippen LogP contribution in [0.2, 0.25) is 0 Å². The van der Waals surface area contributed by atoms with E-state index in [2.05, 4.69) is 10.9 Å². The molecule has 2 N–H and O–H groups in total. The molecule has 2 amide bonds. The summed E-state index contributed by atoms with van der Waals surface area (Å²) >= 11 is 0. The molecule has 0 heterocycles. The fourth-order valence-corrected chi connectivity index (χ4v) is 2.07. The predicted octanol–water partition coefficient (Wildman–Crippen LogP) is 2.81. The zero-order chi connectivity index (χ0) is 18.6. The Morgan fingerprint density at radius 1 is 1.04 bits per heavy atom. The quantitative estimate of drug-likeness (QED) is 0.835. The van der Waals surface area contributed by atoms with Crippen molar-refractivity contribution in [1.29, 1.82) is 0 Å². The largest absolute Gasteiger partial charge is 0.481 e. The SMILES string of the molecule is Cc1cccc(OC(C)C(=O)NNC(=O)c2cc(F)cc(F)c2)c1C. The number of hydrogen-bond acceptors (Lipinski definition) is 3. The normalized spacial score (nSPS) is 11.6. The van der Waals surface area contributed by atoms with E-state index in [4.69, 9.17) is 4.74 Å². The van der Waals surface area contributed by atoms with Gasteiger partial charge in [-0.2, -0.15) is 0 Å². The second-order valence-corrected chi connectivity index (χ2v) is 5.56. The van der Waals surface area contributed by atoms with E-state index in [-0.39, 0.29) is 5.56 Å². The Kier molecular flexibility index (Phi) is 5.69. The van der Waals surface area contributed by atoms with E-state index in [0.717, 1.165) is 23.3 Å². The van der Waals surface area contributed by atoms with Crippen LogP contribution in [-0.4, -0.2) is 17.9 Å². The van der Waals surface area contributed by atoms with Crippen molar-refractivity contribution in [1.82, 2.24) is 10.9 Å². The van der Waals surface area contributed by atoms with Gasteiger partial charge in [0.1, 0.15) is 17.4 Å². The molecule has 1 atom stereocenters. The maximum Gasteiger partial charge on any atom is 0.279 e. The number of aryl methyl sites for hydroxylation is 1. The summed E-state index contributed by atoms with van der Waals surface area (Å²) in [5, 5.41) is 0. The third-order valence-corrected chi connectivity index (χ3v) is 3.65. The van der Waals surface area contributed by atoms with E-state index in [1.807, 2.05) is 26.0 Å². The Hall–Kier alpha value is -2.96. The Morgan fingerprint density at radius 3 is 2.32 bits per heavy atom. The molecule has 2 aromatic rings. The van der Waals surface area contributed by atoms with Crippen molar-refractivity contribution in [3.8, 4) is 5.75 Å². The third-order valence-electron chi connectivity index (χ3n) is 3.65. The van der Waals surface area contributed by atoms with E-state index in [1.54, 1.807) is 6.07 Å². The maximum absolute atomic E-state index is 13.1. The first-order valence-electron chi connectivity index (χ1n) is 7.57. The van der Waals surface area contributed by atoms with Crippen molar-refractivity contribution >= 4 is 11.8 Å². The number of ether oxygens (including phenoxy) is 1. The molecule has 0 bridgehead atoms. The molecule has 25 heavy (non-hydrogen) atoms. The summed E-state index contributed by atoms with van der Waals surface area (Å²) in [6.07, 6.45) is -0.884. The standard InChI is InChI=1S/C18H18F2N2O3/c1-10-5-4-6-16(11(10)2)25-12(3)17(23)21-22-18(24)13-7-14(19)9-15(20)8-13/h4-9,12H,1-3H3,(H,21,23)(H,22,24). The number of halogens is 2. The first kappa shape index (κ1) is 18.4. The van der Waals surface area contributed by atoms with Crippen molar-refractivity contribution in [3.05, 3.63) is 64.7 Å². The van der Waals surface area contributed by atoms with E-state index in [1.165, 1.54) is 6.92 Å². The molecule has 0 fully saturated rings. The molecule has 0 saturated heterocycles. The Morgan fingerprint density at radius 2 is 1.68 bits per heavy atom. The van der Waals surface area contributed by atoms with Crippen LogP contribution in [-0.2, 0) is 4.79 Å². The molecule has 0 aromatic heterocycles. The first-order valence-corrected chi connectivity index (χ1v) is 7.57. The second-order valence-electron chi connectivity index (χ2n) is 5.56. The zero-order valence-corrected chi connectivity index (χ0v) is 14.0. The van der Waals surface area contributed by atoms with Crippen LogP contribution in [0.5, 0.6) is 5.75 Å². The number of nitrogens with one attached hydrogen (secondary N) is 2. The highest BCUT2D eigenvalue weighted by molar-refractivity contribution is 5.95. The van der Waals surface area contributed by atoms with Crippen LogP contribution in [0, 0.1) is 25.5 Å². The Labute approximate surface area is 144 Å². The van der Waals surface area contributed by atoms with Crippen LogP contribution in [0.25, 0.3) is 0 Å². The molecule has 0 spiro atoms. The summed E-state index contributed by atoms with van der Waals surface area (Å²) in [4.78, 5) is 23.8. The molecule has 132 valence electrons. The van der Waals surface area contributed by atoms with Crippen LogP contribution in [0.1, 0.15) is 28.4 Å². The lowest BCUT2D eigenvalue weighted by molar-refractivity contribution is -0.128. The highest BCUT2D eigenvalue weighted by Gasteiger charge is 2.17. The van der Waals surface area contributed by atoms with Gasteiger partial charge in [-0.15, -0.1) is 0 Å². The van der Waals surface area contributed by atoms with Gasteiger partial charge in [0.2, 0.25) is 0 Å². The minimum absolute atomic E-state index is 0.249. The van der Waals surface area contributed by atoms with Gasteiger partial charge in [-0.05, 0) is 50.1 Å².